The van der Waals surface area contributed by atoms with E-state index in [-0.39, 0.29) is 17.2 Å². The van der Waals surface area contributed by atoms with E-state index >= 15 is 0 Å². The molecule has 0 heterocycles. The quantitative estimate of drug-likeness (QED) is 0.617. The van der Waals surface area contributed by atoms with Crippen LogP contribution in [0.4, 0.5) is 11.4 Å². The second-order valence-electron chi connectivity index (χ2n) is 6.35. The van der Waals surface area contributed by atoms with E-state index in [1.807, 2.05) is 19.1 Å². The van der Waals surface area contributed by atoms with Gasteiger partial charge >= 0.3 is 0 Å². The molecule has 0 atom stereocenters. The lowest BCUT2D eigenvalue weighted by atomic mass is 10.1. The normalized spacial score (nSPS) is 11.1. The van der Waals surface area contributed by atoms with Gasteiger partial charge in [-0.05, 0) is 61.0 Å². The fraction of sp³-hybridized carbons (Fsp3) is 0.0952. The Morgan fingerprint density at radius 3 is 2.04 bits per heavy atom. The number of halogens is 1. The van der Waals surface area contributed by atoms with Crippen LogP contribution in [0.15, 0.2) is 77.7 Å². The van der Waals surface area contributed by atoms with Crippen LogP contribution in [0, 0.1) is 6.92 Å². The van der Waals surface area contributed by atoms with Crippen molar-refractivity contribution in [2.45, 2.75) is 18.2 Å². The van der Waals surface area contributed by atoms with E-state index < -0.39 is 10.0 Å². The highest BCUT2D eigenvalue weighted by Gasteiger charge is 2.14. The van der Waals surface area contributed by atoms with Crippen molar-refractivity contribution >= 4 is 38.9 Å². The molecule has 0 aliphatic rings. The van der Waals surface area contributed by atoms with Gasteiger partial charge in [-0.2, -0.15) is 0 Å². The van der Waals surface area contributed by atoms with Crippen LogP contribution >= 0.6 is 11.6 Å². The van der Waals surface area contributed by atoms with Crippen LogP contribution in [0.1, 0.15) is 11.1 Å². The minimum absolute atomic E-state index is 0.115. The van der Waals surface area contributed by atoms with Gasteiger partial charge in [0.1, 0.15) is 0 Å². The van der Waals surface area contributed by atoms with Crippen LogP contribution in [0.25, 0.3) is 0 Å². The van der Waals surface area contributed by atoms with Crippen LogP contribution in [0.3, 0.4) is 0 Å². The van der Waals surface area contributed by atoms with Crippen LogP contribution in [0.2, 0.25) is 5.02 Å². The van der Waals surface area contributed by atoms with Gasteiger partial charge in [0.2, 0.25) is 5.91 Å². The molecule has 0 radical (unpaired) electrons. The predicted octanol–water partition coefficient (Wildman–Crippen LogP) is 4.63. The van der Waals surface area contributed by atoms with E-state index in [4.69, 9.17) is 11.6 Å². The Morgan fingerprint density at radius 1 is 0.857 bits per heavy atom. The minimum Gasteiger partial charge on any atom is -0.326 e. The highest BCUT2D eigenvalue weighted by molar-refractivity contribution is 7.92. The molecule has 0 bridgehead atoms. The van der Waals surface area contributed by atoms with Gasteiger partial charge in [-0.1, -0.05) is 41.4 Å². The maximum atomic E-state index is 12.5. The molecule has 1 amide bonds. The van der Waals surface area contributed by atoms with Gasteiger partial charge in [0.25, 0.3) is 10.0 Å². The molecule has 0 aliphatic heterocycles. The Balaban J connectivity index is 1.64. The molecule has 3 aromatic rings. The Bertz CT molecular complexity index is 1060. The topological polar surface area (TPSA) is 75.3 Å². The van der Waals surface area contributed by atoms with Crippen molar-refractivity contribution in [3.63, 3.8) is 0 Å². The SMILES string of the molecule is Cc1ccc(NS(=O)(=O)c2ccc(NC(=O)Cc3ccc(Cl)cc3)cc2)cc1. The number of carbonyl (C=O) groups excluding carboxylic acids is 1. The number of carbonyl (C=O) groups is 1. The maximum absolute atomic E-state index is 12.5. The van der Waals surface area contributed by atoms with Crippen molar-refractivity contribution in [2.75, 3.05) is 10.0 Å². The fourth-order valence-corrected chi connectivity index (χ4v) is 3.73. The van der Waals surface area contributed by atoms with E-state index in [1.54, 1.807) is 48.5 Å². The maximum Gasteiger partial charge on any atom is 0.261 e. The van der Waals surface area contributed by atoms with Gasteiger partial charge in [-0.3, -0.25) is 9.52 Å². The number of hydrogen-bond donors (Lipinski definition) is 2. The summed E-state index contributed by atoms with van der Waals surface area (Å²) in [4.78, 5) is 12.3. The largest absolute Gasteiger partial charge is 0.326 e. The summed E-state index contributed by atoms with van der Waals surface area (Å²) in [5.74, 6) is -0.198. The van der Waals surface area contributed by atoms with Crippen LogP contribution < -0.4 is 10.0 Å². The number of sulfonamides is 1. The molecule has 5 nitrogen and oxygen atoms in total. The molecule has 0 saturated heterocycles. The third kappa shape index (κ3) is 5.34. The number of aryl methyl sites for hydroxylation is 1. The van der Waals surface area contributed by atoms with Gasteiger partial charge < -0.3 is 5.32 Å². The number of hydrogen-bond acceptors (Lipinski definition) is 3. The van der Waals surface area contributed by atoms with E-state index in [1.165, 1.54) is 12.1 Å². The lowest BCUT2D eigenvalue weighted by Gasteiger charge is -2.10. The van der Waals surface area contributed by atoms with E-state index in [0.717, 1.165) is 11.1 Å². The number of rotatable bonds is 6. The molecule has 0 aromatic heterocycles. The summed E-state index contributed by atoms with van der Waals surface area (Å²) in [6.07, 6.45) is 0.201. The van der Waals surface area contributed by atoms with Crippen molar-refractivity contribution in [1.82, 2.24) is 0 Å². The molecule has 7 heteroatoms. The Morgan fingerprint density at radius 2 is 1.43 bits per heavy atom. The summed E-state index contributed by atoms with van der Waals surface area (Å²) in [6, 6.07) is 20.1. The van der Waals surface area contributed by atoms with Crippen molar-refractivity contribution in [3.05, 3.63) is 88.9 Å². The molecule has 3 rings (SSSR count). The first-order chi connectivity index (χ1) is 13.3. The number of amides is 1. The molecule has 0 unspecified atom stereocenters. The highest BCUT2D eigenvalue weighted by Crippen LogP contribution is 2.19. The van der Waals surface area contributed by atoms with Crippen molar-refractivity contribution in [2.24, 2.45) is 0 Å². The molecule has 3 aromatic carbocycles. The van der Waals surface area contributed by atoms with Crippen molar-refractivity contribution in [1.29, 1.82) is 0 Å². The Kier molecular flexibility index (Phi) is 6.02. The van der Waals surface area contributed by atoms with E-state index in [2.05, 4.69) is 10.0 Å². The van der Waals surface area contributed by atoms with Crippen molar-refractivity contribution < 1.29 is 13.2 Å². The fourth-order valence-electron chi connectivity index (χ4n) is 2.55. The van der Waals surface area contributed by atoms with Gasteiger partial charge in [-0.15, -0.1) is 0 Å². The van der Waals surface area contributed by atoms with E-state index in [0.29, 0.717) is 16.4 Å². The second-order valence-corrected chi connectivity index (χ2v) is 8.47. The molecule has 0 saturated carbocycles. The standard InChI is InChI=1S/C21H19ClN2O3S/c1-15-2-8-19(9-3-15)24-28(26,27)20-12-10-18(11-13-20)23-21(25)14-16-4-6-17(22)7-5-16/h2-13,24H,14H2,1H3,(H,23,25). The van der Waals surface area contributed by atoms with Crippen LogP contribution in [-0.4, -0.2) is 14.3 Å². The zero-order chi connectivity index (χ0) is 20.1. The van der Waals surface area contributed by atoms with Crippen LogP contribution in [0.5, 0.6) is 0 Å². The first kappa shape index (κ1) is 19.9. The van der Waals surface area contributed by atoms with Gasteiger partial charge in [0, 0.05) is 16.4 Å². The molecule has 2 N–H and O–H groups in total. The summed E-state index contributed by atoms with van der Waals surface area (Å²) in [7, 11) is -3.70. The number of anilines is 2. The predicted molar refractivity (Wildman–Crippen MR) is 112 cm³/mol. The van der Waals surface area contributed by atoms with Gasteiger partial charge in [0.15, 0.2) is 0 Å². The first-order valence-corrected chi connectivity index (χ1v) is 10.4. The van der Waals surface area contributed by atoms with Gasteiger partial charge in [0.05, 0.1) is 11.3 Å². The lowest BCUT2D eigenvalue weighted by Crippen LogP contribution is -2.15. The molecule has 144 valence electrons. The first-order valence-electron chi connectivity index (χ1n) is 8.56. The van der Waals surface area contributed by atoms with E-state index in [9.17, 15) is 13.2 Å². The summed E-state index contributed by atoms with van der Waals surface area (Å²) < 4.78 is 27.5. The average molecular weight is 415 g/mol. The number of benzene rings is 3. The Labute approximate surface area is 169 Å². The molecular weight excluding hydrogens is 396 g/mol. The van der Waals surface area contributed by atoms with Gasteiger partial charge in [-0.25, -0.2) is 8.42 Å². The minimum atomic E-state index is -3.70. The summed E-state index contributed by atoms with van der Waals surface area (Å²) in [5.41, 5.74) is 2.89. The van der Waals surface area contributed by atoms with Crippen molar-refractivity contribution in [3.8, 4) is 0 Å². The second kappa shape index (κ2) is 8.46. The zero-order valence-electron chi connectivity index (χ0n) is 15.1. The monoisotopic (exact) mass is 414 g/mol. The summed E-state index contributed by atoms with van der Waals surface area (Å²) in [6.45, 7) is 1.93. The average Bonchev–Trinajstić information content (AvgIpc) is 2.66. The highest BCUT2D eigenvalue weighted by atomic mass is 35.5. The molecule has 0 fully saturated rings. The Hall–Kier alpha value is -2.83. The number of nitrogens with one attached hydrogen (secondary N) is 2. The smallest absolute Gasteiger partial charge is 0.261 e. The summed E-state index contributed by atoms with van der Waals surface area (Å²) >= 11 is 5.83. The molecule has 28 heavy (non-hydrogen) atoms. The summed E-state index contributed by atoms with van der Waals surface area (Å²) in [5, 5.41) is 3.36. The lowest BCUT2D eigenvalue weighted by molar-refractivity contribution is -0.115. The zero-order valence-corrected chi connectivity index (χ0v) is 16.7. The third-order valence-corrected chi connectivity index (χ3v) is 5.68. The van der Waals surface area contributed by atoms with Crippen LogP contribution in [-0.2, 0) is 21.2 Å². The molecule has 0 aliphatic carbocycles. The molecular formula is C21H19ClN2O3S. The third-order valence-electron chi connectivity index (χ3n) is 4.03. The molecule has 0 spiro atoms.